The standard InChI is InChI=1S/C12H14N2O2.ClH/c1-13-11(7-15)10-6-14-12(16)9-5-3-2-4-8(9)10;/h2-6,11,13,15H,7H2,1H3,(H,14,16);1H. The first-order chi connectivity index (χ1) is 7.77. The normalized spacial score (nSPS) is 12.1. The van der Waals surface area contributed by atoms with Crippen molar-refractivity contribution in [1.29, 1.82) is 0 Å². The molecule has 1 unspecified atom stereocenters. The van der Waals surface area contributed by atoms with Gasteiger partial charge in [-0.3, -0.25) is 4.79 Å². The second kappa shape index (κ2) is 5.82. The van der Waals surface area contributed by atoms with Crippen molar-refractivity contribution in [3.63, 3.8) is 0 Å². The van der Waals surface area contributed by atoms with Crippen LogP contribution in [0.3, 0.4) is 0 Å². The number of hydrogen-bond donors (Lipinski definition) is 3. The van der Waals surface area contributed by atoms with E-state index in [-0.39, 0.29) is 30.6 Å². The zero-order valence-corrected chi connectivity index (χ0v) is 10.3. The molecule has 1 aromatic heterocycles. The van der Waals surface area contributed by atoms with E-state index in [0.29, 0.717) is 5.39 Å². The Labute approximate surface area is 105 Å². The maximum Gasteiger partial charge on any atom is 0.255 e. The van der Waals surface area contributed by atoms with Gasteiger partial charge >= 0.3 is 0 Å². The maximum atomic E-state index is 11.6. The van der Waals surface area contributed by atoms with Crippen molar-refractivity contribution in [2.75, 3.05) is 13.7 Å². The molecule has 2 rings (SSSR count). The van der Waals surface area contributed by atoms with Crippen molar-refractivity contribution in [3.8, 4) is 0 Å². The van der Waals surface area contributed by atoms with Crippen molar-refractivity contribution in [3.05, 3.63) is 46.4 Å². The summed E-state index contributed by atoms with van der Waals surface area (Å²) in [5.41, 5.74) is 0.798. The van der Waals surface area contributed by atoms with Gasteiger partial charge in [-0.25, -0.2) is 0 Å². The SMILES string of the molecule is CNC(CO)c1c[nH]c(=O)c2ccccc12.Cl. The van der Waals surface area contributed by atoms with E-state index in [9.17, 15) is 9.90 Å². The van der Waals surface area contributed by atoms with Gasteiger partial charge < -0.3 is 15.4 Å². The molecule has 1 atom stereocenters. The third-order valence-corrected chi connectivity index (χ3v) is 2.75. The molecule has 0 spiro atoms. The number of hydrogen-bond acceptors (Lipinski definition) is 3. The van der Waals surface area contributed by atoms with E-state index < -0.39 is 0 Å². The minimum atomic E-state index is -0.165. The van der Waals surface area contributed by atoms with Crippen molar-refractivity contribution >= 4 is 23.2 Å². The number of halogens is 1. The summed E-state index contributed by atoms with van der Waals surface area (Å²) in [6.45, 7) is -0.00740. The molecule has 0 saturated carbocycles. The summed E-state index contributed by atoms with van der Waals surface area (Å²) in [5.74, 6) is 0. The molecular formula is C12H15ClN2O2. The lowest BCUT2D eigenvalue weighted by Gasteiger charge is -2.15. The van der Waals surface area contributed by atoms with Crippen molar-refractivity contribution < 1.29 is 5.11 Å². The summed E-state index contributed by atoms with van der Waals surface area (Å²) in [6.07, 6.45) is 1.65. The maximum absolute atomic E-state index is 11.6. The third-order valence-electron chi connectivity index (χ3n) is 2.75. The van der Waals surface area contributed by atoms with E-state index in [2.05, 4.69) is 10.3 Å². The zero-order valence-electron chi connectivity index (χ0n) is 9.43. The van der Waals surface area contributed by atoms with Gasteiger partial charge in [-0.05, 0) is 24.1 Å². The van der Waals surface area contributed by atoms with Gasteiger partial charge in [0, 0.05) is 11.6 Å². The molecule has 4 nitrogen and oxygen atoms in total. The summed E-state index contributed by atoms with van der Waals surface area (Å²) in [7, 11) is 1.78. The molecule has 17 heavy (non-hydrogen) atoms. The quantitative estimate of drug-likeness (QED) is 0.771. The Bertz CT molecular complexity index is 549. The van der Waals surface area contributed by atoms with Crippen LogP contribution in [-0.2, 0) is 0 Å². The molecule has 92 valence electrons. The van der Waals surface area contributed by atoms with Gasteiger partial charge in [0.15, 0.2) is 0 Å². The molecule has 0 aliphatic rings. The minimum Gasteiger partial charge on any atom is -0.394 e. The molecule has 3 N–H and O–H groups in total. The van der Waals surface area contributed by atoms with Crippen LogP contribution in [0.5, 0.6) is 0 Å². The van der Waals surface area contributed by atoms with Crippen molar-refractivity contribution in [2.45, 2.75) is 6.04 Å². The Morgan fingerprint density at radius 2 is 2.00 bits per heavy atom. The van der Waals surface area contributed by atoms with Crippen LogP contribution in [0.25, 0.3) is 10.8 Å². The summed E-state index contributed by atoms with van der Waals surface area (Å²) in [4.78, 5) is 14.3. The number of aliphatic hydroxyl groups excluding tert-OH is 1. The molecule has 5 heteroatoms. The first-order valence-electron chi connectivity index (χ1n) is 5.16. The number of rotatable bonds is 3. The molecule has 0 saturated heterocycles. The van der Waals surface area contributed by atoms with E-state index in [1.54, 1.807) is 19.3 Å². The summed E-state index contributed by atoms with van der Waals surface area (Å²) < 4.78 is 0. The van der Waals surface area contributed by atoms with Crippen LogP contribution in [-0.4, -0.2) is 23.7 Å². The number of aliphatic hydroxyl groups is 1. The van der Waals surface area contributed by atoms with E-state index in [0.717, 1.165) is 10.9 Å². The lowest BCUT2D eigenvalue weighted by atomic mass is 10.0. The van der Waals surface area contributed by atoms with Crippen LogP contribution in [0, 0.1) is 0 Å². The van der Waals surface area contributed by atoms with Crippen LogP contribution in [0.2, 0.25) is 0 Å². The number of fused-ring (bicyclic) bond motifs is 1. The number of aromatic nitrogens is 1. The summed E-state index contributed by atoms with van der Waals surface area (Å²) >= 11 is 0. The van der Waals surface area contributed by atoms with Crippen LogP contribution in [0.4, 0.5) is 0 Å². The Balaban J connectivity index is 0.00000144. The first kappa shape index (κ1) is 13.7. The van der Waals surface area contributed by atoms with Gasteiger partial charge in [0.05, 0.1) is 12.6 Å². The Kier molecular flexibility index (Phi) is 4.69. The number of aromatic amines is 1. The predicted octanol–water partition coefficient (Wildman–Crippen LogP) is 1.20. The lowest BCUT2D eigenvalue weighted by molar-refractivity contribution is 0.251. The Morgan fingerprint density at radius 1 is 1.35 bits per heavy atom. The van der Waals surface area contributed by atoms with E-state index in [1.165, 1.54) is 0 Å². The average molecular weight is 255 g/mol. The third kappa shape index (κ3) is 2.49. The zero-order chi connectivity index (χ0) is 11.5. The van der Waals surface area contributed by atoms with Crippen LogP contribution < -0.4 is 10.9 Å². The van der Waals surface area contributed by atoms with E-state index in [1.807, 2.05) is 18.2 Å². The van der Waals surface area contributed by atoms with Crippen LogP contribution in [0.1, 0.15) is 11.6 Å². The van der Waals surface area contributed by atoms with Gasteiger partial charge in [-0.2, -0.15) is 0 Å². The van der Waals surface area contributed by atoms with Gasteiger partial charge in [-0.1, -0.05) is 18.2 Å². The molecular weight excluding hydrogens is 240 g/mol. The van der Waals surface area contributed by atoms with Gasteiger partial charge in [0.25, 0.3) is 5.56 Å². The smallest absolute Gasteiger partial charge is 0.255 e. The second-order valence-corrected chi connectivity index (χ2v) is 3.64. The van der Waals surface area contributed by atoms with Crippen LogP contribution in [0.15, 0.2) is 35.3 Å². The number of pyridine rings is 1. The molecule has 0 bridgehead atoms. The summed E-state index contributed by atoms with van der Waals surface area (Å²) in [5, 5.41) is 13.8. The fourth-order valence-corrected chi connectivity index (χ4v) is 1.87. The van der Waals surface area contributed by atoms with E-state index >= 15 is 0 Å². The number of H-pyrrole nitrogens is 1. The molecule has 0 fully saturated rings. The molecule has 2 aromatic rings. The second-order valence-electron chi connectivity index (χ2n) is 3.64. The fraction of sp³-hybridized carbons (Fsp3) is 0.250. The highest BCUT2D eigenvalue weighted by Crippen LogP contribution is 2.20. The molecule has 0 amide bonds. The first-order valence-corrected chi connectivity index (χ1v) is 5.16. The minimum absolute atomic E-state index is 0. The monoisotopic (exact) mass is 254 g/mol. The van der Waals surface area contributed by atoms with E-state index in [4.69, 9.17) is 0 Å². The Hall–Kier alpha value is -1.36. The van der Waals surface area contributed by atoms with Crippen molar-refractivity contribution in [1.82, 2.24) is 10.3 Å². The largest absolute Gasteiger partial charge is 0.394 e. The predicted molar refractivity (Wildman–Crippen MR) is 70.7 cm³/mol. The molecule has 0 aliphatic carbocycles. The van der Waals surface area contributed by atoms with Gasteiger partial charge in [0.1, 0.15) is 0 Å². The van der Waals surface area contributed by atoms with Gasteiger partial charge in [0.2, 0.25) is 0 Å². The van der Waals surface area contributed by atoms with Crippen molar-refractivity contribution in [2.24, 2.45) is 0 Å². The highest BCUT2D eigenvalue weighted by atomic mass is 35.5. The Morgan fingerprint density at radius 3 is 2.59 bits per heavy atom. The fourth-order valence-electron chi connectivity index (χ4n) is 1.87. The lowest BCUT2D eigenvalue weighted by Crippen LogP contribution is -2.21. The summed E-state index contributed by atoms with van der Waals surface area (Å²) in [6, 6.07) is 7.22. The molecule has 0 aliphatic heterocycles. The number of nitrogens with one attached hydrogen (secondary N) is 2. The highest BCUT2D eigenvalue weighted by Gasteiger charge is 2.12. The number of benzene rings is 1. The molecule has 1 heterocycles. The molecule has 1 aromatic carbocycles. The molecule has 0 radical (unpaired) electrons. The van der Waals surface area contributed by atoms with Crippen LogP contribution >= 0.6 is 12.4 Å². The topological polar surface area (TPSA) is 65.1 Å². The number of likely N-dealkylation sites (N-methyl/N-ethyl adjacent to an activating group) is 1. The van der Waals surface area contributed by atoms with Gasteiger partial charge in [-0.15, -0.1) is 12.4 Å². The highest BCUT2D eigenvalue weighted by molar-refractivity contribution is 5.85. The average Bonchev–Trinajstić information content (AvgIpc) is 2.34.